The summed E-state index contributed by atoms with van der Waals surface area (Å²) in [7, 11) is 0. The molecule has 1 N–H and O–H groups in total. The Kier molecular flexibility index (Phi) is 4.66. The zero-order valence-corrected chi connectivity index (χ0v) is 16.2. The van der Waals surface area contributed by atoms with Crippen LogP contribution in [0.15, 0.2) is 41.5 Å². The van der Waals surface area contributed by atoms with Gasteiger partial charge in [0.05, 0.1) is 0 Å². The van der Waals surface area contributed by atoms with E-state index in [2.05, 4.69) is 40.5 Å². The van der Waals surface area contributed by atoms with E-state index in [1.54, 1.807) is 0 Å². The number of benzene rings is 1. The summed E-state index contributed by atoms with van der Waals surface area (Å²) >= 11 is 0. The van der Waals surface area contributed by atoms with Crippen LogP contribution in [0, 0.1) is 11.3 Å². The molecule has 2 fully saturated rings. The molecule has 0 radical (unpaired) electrons. The predicted octanol–water partition coefficient (Wildman–Crippen LogP) is 4.91. The number of piperidine rings is 1. The lowest BCUT2D eigenvalue weighted by Gasteiger charge is -2.32. The highest BCUT2D eigenvalue weighted by Crippen LogP contribution is 2.63. The fourth-order valence-corrected chi connectivity index (χ4v) is 6.05. The molecule has 1 heterocycles. The van der Waals surface area contributed by atoms with Crippen LogP contribution in [0.1, 0.15) is 63.4 Å². The van der Waals surface area contributed by atoms with Gasteiger partial charge in [0.15, 0.2) is 0 Å². The van der Waals surface area contributed by atoms with Crippen molar-refractivity contribution >= 4 is 0 Å². The van der Waals surface area contributed by atoms with Crippen LogP contribution in [-0.4, -0.2) is 30.6 Å². The first-order valence-corrected chi connectivity index (χ1v) is 11.0. The second-order valence-corrected chi connectivity index (χ2v) is 9.32. The van der Waals surface area contributed by atoms with Gasteiger partial charge >= 0.3 is 0 Å². The molecule has 1 spiro atoms. The van der Waals surface area contributed by atoms with Gasteiger partial charge in [0.1, 0.15) is 0 Å². The number of nitrogens with one attached hydrogen (secondary N) is 1. The number of hydrogen-bond donors (Lipinski definition) is 1. The van der Waals surface area contributed by atoms with Crippen LogP contribution in [0.5, 0.6) is 0 Å². The van der Waals surface area contributed by atoms with Gasteiger partial charge in [0.25, 0.3) is 0 Å². The van der Waals surface area contributed by atoms with Gasteiger partial charge in [-0.3, -0.25) is 4.90 Å². The van der Waals surface area contributed by atoms with Gasteiger partial charge in [-0.25, -0.2) is 0 Å². The Morgan fingerprint density at radius 1 is 1.00 bits per heavy atom. The molecule has 0 amide bonds. The van der Waals surface area contributed by atoms with Crippen LogP contribution in [0.4, 0.5) is 0 Å². The van der Waals surface area contributed by atoms with Crippen molar-refractivity contribution in [2.75, 3.05) is 19.6 Å². The van der Waals surface area contributed by atoms with Crippen molar-refractivity contribution in [2.24, 2.45) is 11.3 Å². The number of fused-ring (bicyclic) bond motifs is 1. The Balaban J connectivity index is 1.07. The lowest BCUT2D eigenvalue weighted by molar-refractivity contribution is 0.174. The topological polar surface area (TPSA) is 15.3 Å². The quantitative estimate of drug-likeness (QED) is 0.759. The van der Waals surface area contributed by atoms with Gasteiger partial charge in [-0.2, -0.15) is 0 Å². The molecular weight excluding hydrogens is 316 g/mol. The molecule has 2 unspecified atom stereocenters. The second-order valence-electron chi connectivity index (χ2n) is 9.32. The third-order valence-electron chi connectivity index (χ3n) is 7.74. The number of hydrogen-bond acceptors (Lipinski definition) is 2. The zero-order valence-electron chi connectivity index (χ0n) is 16.2. The van der Waals surface area contributed by atoms with Gasteiger partial charge < -0.3 is 5.32 Å². The van der Waals surface area contributed by atoms with Gasteiger partial charge in [-0.05, 0) is 88.9 Å². The van der Waals surface area contributed by atoms with E-state index in [1.807, 2.05) is 11.1 Å². The SMILES string of the molecule is c1ccc(CN2CCC(CNC3CC34CCC3=C4CCCC3)CC2)cc1. The first kappa shape index (κ1) is 17.0. The number of allylic oxidation sites excluding steroid dienone is 1. The molecule has 2 atom stereocenters. The molecule has 3 aliphatic carbocycles. The fraction of sp³-hybridized carbons (Fsp3) is 0.667. The predicted molar refractivity (Wildman–Crippen MR) is 108 cm³/mol. The maximum absolute atomic E-state index is 4.00. The third kappa shape index (κ3) is 3.27. The van der Waals surface area contributed by atoms with Crippen molar-refractivity contribution in [3.05, 3.63) is 47.0 Å². The van der Waals surface area contributed by atoms with Crippen molar-refractivity contribution in [2.45, 2.75) is 70.4 Å². The maximum Gasteiger partial charge on any atom is 0.0233 e. The van der Waals surface area contributed by atoms with E-state index in [1.165, 1.54) is 83.0 Å². The number of nitrogens with zero attached hydrogens (tertiary/aromatic N) is 1. The summed E-state index contributed by atoms with van der Waals surface area (Å²) in [5.74, 6) is 0.890. The Hall–Kier alpha value is -1.12. The minimum atomic E-state index is 0.629. The Morgan fingerprint density at radius 3 is 2.65 bits per heavy atom. The van der Waals surface area contributed by atoms with Crippen molar-refractivity contribution in [1.82, 2.24) is 10.2 Å². The van der Waals surface area contributed by atoms with Crippen LogP contribution < -0.4 is 5.32 Å². The number of likely N-dealkylation sites (tertiary alicyclic amines) is 1. The summed E-state index contributed by atoms with van der Waals surface area (Å²) in [5.41, 5.74) is 5.87. The zero-order chi connectivity index (χ0) is 17.4. The van der Waals surface area contributed by atoms with E-state index >= 15 is 0 Å². The normalized spacial score (nSPS) is 32.2. The van der Waals surface area contributed by atoms with Crippen LogP contribution in [0.25, 0.3) is 0 Å². The highest BCUT2D eigenvalue weighted by atomic mass is 15.1. The molecule has 140 valence electrons. The van der Waals surface area contributed by atoms with Crippen molar-refractivity contribution in [1.29, 1.82) is 0 Å². The molecule has 1 saturated heterocycles. The van der Waals surface area contributed by atoms with Gasteiger partial charge in [0, 0.05) is 18.0 Å². The third-order valence-corrected chi connectivity index (χ3v) is 7.74. The van der Waals surface area contributed by atoms with Crippen LogP contribution in [0.2, 0.25) is 0 Å². The highest BCUT2D eigenvalue weighted by Gasteiger charge is 2.58. The van der Waals surface area contributed by atoms with Gasteiger partial charge in [0.2, 0.25) is 0 Å². The summed E-state index contributed by atoms with van der Waals surface area (Å²) in [4.78, 5) is 2.64. The van der Waals surface area contributed by atoms with E-state index in [-0.39, 0.29) is 0 Å². The number of rotatable bonds is 5. The lowest BCUT2D eigenvalue weighted by atomic mass is 9.87. The summed E-state index contributed by atoms with van der Waals surface area (Å²) in [6.45, 7) is 4.93. The van der Waals surface area contributed by atoms with Crippen LogP contribution in [-0.2, 0) is 6.54 Å². The van der Waals surface area contributed by atoms with Crippen molar-refractivity contribution in [3.63, 3.8) is 0 Å². The standard InChI is InChI=1S/C24H34N2/c1-2-6-20(7-3-1)18-26-14-11-19(12-15-26)17-25-23-16-24(23)13-10-21-8-4-5-9-22(21)24/h1-3,6-7,19,23,25H,4-5,8-18H2. The molecule has 2 heteroatoms. The van der Waals surface area contributed by atoms with E-state index in [0.717, 1.165) is 18.5 Å². The molecule has 26 heavy (non-hydrogen) atoms. The molecule has 0 bridgehead atoms. The molecule has 5 rings (SSSR count). The molecular formula is C24H34N2. The molecule has 1 aliphatic heterocycles. The van der Waals surface area contributed by atoms with Gasteiger partial charge in [-0.15, -0.1) is 0 Å². The van der Waals surface area contributed by atoms with Crippen LogP contribution >= 0.6 is 0 Å². The van der Waals surface area contributed by atoms with E-state index in [9.17, 15) is 0 Å². The van der Waals surface area contributed by atoms with E-state index < -0.39 is 0 Å². The largest absolute Gasteiger partial charge is 0.313 e. The summed E-state index contributed by atoms with van der Waals surface area (Å²) in [5, 5.41) is 4.00. The smallest absolute Gasteiger partial charge is 0.0233 e. The average molecular weight is 351 g/mol. The lowest BCUT2D eigenvalue weighted by Crippen LogP contribution is -2.38. The monoisotopic (exact) mass is 350 g/mol. The molecule has 0 aromatic heterocycles. The maximum atomic E-state index is 4.00. The average Bonchev–Trinajstić information content (AvgIpc) is 3.28. The Labute approximate surface area is 159 Å². The molecule has 1 aromatic rings. The van der Waals surface area contributed by atoms with E-state index in [4.69, 9.17) is 0 Å². The molecule has 2 nitrogen and oxygen atoms in total. The molecule has 4 aliphatic rings. The van der Waals surface area contributed by atoms with Crippen LogP contribution in [0.3, 0.4) is 0 Å². The second kappa shape index (κ2) is 7.13. The van der Waals surface area contributed by atoms with Crippen molar-refractivity contribution < 1.29 is 0 Å². The molecule has 1 saturated carbocycles. The minimum Gasteiger partial charge on any atom is -0.313 e. The summed E-state index contributed by atoms with van der Waals surface area (Å²) in [6.07, 6.45) is 12.8. The first-order chi connectivity index (χ1) is 12.8. The summed E-state index contributed by atoms with van der Waals surface area (Å²) < 4.78 is 0. The van der Waals surface area contributed by atoms with E-state index in [0.29, 0.717) is 5.41 Å². The summed E-state index contributed by atoms with van der Waals surface area (Å²) in [6, 6.07) is 11.8. The highest BCUT2D eigenvalue weighted by molar-refractivity contribution is 5.39. The minimum absolute atomic E-state index is 0.629. The van der Waals surface area contributed by atoms with Crippen molar-refractivity contribution in [3.8, 4) is 0 Å². The molecule has 1 aromatic carbocycles. The van der Waals surface area contributed by atoms with Gasteiger partial charge in [-0.1, -0.05) is 41.5 Å². The Morgan fingerprint density at radius 2 is 1.81 bits per heavy atom. The Bertz CT molecular complexity index is 656. The first-order valence-electron chi connectivity index (χ1n) is 11.0. The fourth-order valence-electron chi connectivity index (χ4n) is 6.05.